The predicted octanol–water partition coefficient (Wildman–Crippen LogP) is 1.51. The minimum atomic E-state index is 0.214. The Labute approximate surface area is 124 Å². The lowest BCUT2D eigenvalue weighted by Crippen LogP contribution is -2.41. The van der Waals surface area contributed by atoms with E-state index in [2.05, 4.69) is 34.6 Å². The summed E-state index contributed by atoms with van der Waals surface area (Å²) in [5, 5.41) is 4.60. The molecule has 2 aromatic rings. The molecule has 2 N–H and O–H groups in total. The highest BCUT2D eigenvalue weighted by atomic mass is 16.5. The summed E-state index contributed by atoms with van der Waals surface area (Å²) in [6, 6.07) is 8.33. The van der Waals surface area contributed by atoms with Gasteiger partial charge in [-0.3, -0.25) is 4.79 Å². The highest BCUT2D eigenvalue weighted by Crippen LogP contribution is 2.16. The summed E-state index contributed by atoms with van der Waals surface area (Å²) < 4.78 is 5.25. The van der Waals surface area contributed by atoms with Gasteiger partial charge in [0.25, 0.3) is 0 Å². The van der Waals surface area contributed by atoms with Crippen LogP contribution >= 0.6 is 0 Å². The maximum absolute atomic E-state index is 12.0. The molecule has 0 aliphatic carbocycles. The lowest BCUT2D eigenvalue weighted by molar-refractivity contribution is -0.135. The number of carbonyl (C=O) groups excluding carboxylic acids is 1. The van der Waals surface area contributed by atoms with Crippen molar-refractivity contribution in [2.24, 2.45) is 0 Å². The lowest BCUT2D eigenvalue weighted by atomic mass is 10.1. The van der Waals surface area contributed by atoms with Crippen molar-refractivity contribution in [1.82, 2.24) is 15.2 Å². The first-order valence-corrected chi connectivity index (χ1v) is 7.46. The van der Waals surface area contributed by atoms with Crippen LogP contribution < -0.4 is 5.32 Å². The van der Waals surface area contributed by atoms with Gasteiger partial charge < -0.3 is 19.9 Å². The average molecular weight is 287 g/mol. The number of rotatable bonds is 5. The van der Waals surface area contributed by atoms with Crippen molar-refractivity contribution in [3.63, 3.8) is 0 Å². The normalized spacial score (nSPS) is 15.5. The quantitative estimate of drug-likeness (QED) is 0.820. The highest BCUT2D eigenvalue weighted by Gasteiger charge is 2.15. The summed E-state index contributed by atoms with van der Waals surface area (Å²) in [5.41, 5.74) is 2.41. The molecule has 1 aliphatic rings. The number of fused-ring (bicyclic) bond motifs is 1. The van der Waals surface area contributed by atoms with Gasteiger partial charge in [0.1, 0.15) is 0 Å². The van der Waals surface area contributed by atoms with Crippen molar-refractivity contribution in [2.75, 3.05) is 32.8 Å². The van der Waals surface area contributed by atoms with Crippen LogP contribution in [0.25, 0.3) is 10.9 Å². The molecule has 0 unspecified atom stereocenters. The molecule has 0 bridgehead atoms. The molecule has 21 heavy (non-hydrogen) atoms. The molecule has 1 saturated heterocycles. The molecule has 0 atom stereocenters. The summed E-state index contributed by atoms with van der Waals surface area (Å²) in [4.78, 5) is 17.1. The van der Waals surface area contributed by atoms with Gasteiger partial charge in [-0.25, -0.2) is 0 Å². The van der Waals surface area contributed by atoms with E-state index in [4.69, 9.17) is 4.74 Å². The largest absolute Gasteiger partial charge is 0.378 e. The molecule has 5 heteroatoms. The molecule has 1 aliphatic heterocycles. The molecule has 0 saturated carbocycles. The minimum Gasteiger partial charge on any atom is -0.378 e. The first-order valence-electron chi connectivity index (χ1n) is 7.46. The molecule has 1 aromatic heterocycles. The van der Waals surface area contributed by atoms with E-state index in [1.165, 1.54) is 10.9 Å². The van der Waals surface area contributed by atoms with Crippen molar-refractivity contribution in [1.29, 1.82) is 0 Å². The number of morpholine rings is 1. The Kier molecular flexibility index (Phi) is 4.52. The van der Waals surface area contributed by atoms with Crippen molar-refractivity contribution < 1.29 is 9.53 Å². The summed E-state index contributed by atoms with van der Waals surface area (Å²) in [5.74, 6) is 0.214. The van der Waals surface area contributed by atoms with Gasteiger partial charge in [-0.05, 0) is 17.7 Å². The van der Waals surface area contributed by atoms with Crippen molar-refractivity contribution in [2.45, 2.75) is 13.0 Å². The number of hydrogen-bond acceptors (Lipinski definition) is 3. The number of H-pyrrole nitrogens is 1. The number of benzene rings is 1. The van der Waals surface area contributed by atoms with Crippen LogP contribution in [-0.2, 0) is 16.1 Å². The second kappa shape index (κ2) is 6.74. The minimum absolute atomic E-state index is 0.214. The molecule has 0 radical (unpaired) electrons. The van der Waals surface area contributed by atoms with E-state index < -0.39 is 0 Å². The van der Waals surface area contributed by atoms with Crippen LogP contribution in [-0.4, -0.2) is 48.6 Å². The van der Waals surface area contributed by atoms with Gasteiger partial charge in [-0.2, -0.15) is 0 Å². The standard InChI is InChI=1S/C16H21N3O2/c20-16(19-8-10-21-11-9-19)5-6-17-12-13-2-1-3-15-14(13)4-7-18-15/h1-4,7,17-18H,5-6,8-12H2. The van der Waals surface area contributed by atoms with Crippen LogP contribution in [0.2, 0.25) is 0 Å². The molecule has 1 amide bonds. The Hall–Kier alpha value is -1.85. The van der Waals surface area contributed by atoms with E-state index in [1.54, 1.807) is 0 Å². The number of amides is 1. The second-order valence-corrected chi connectivity index (χ2v) is 5.28. The van der Waals surface area contributed by atoms with Crippen LogP contribution in [0, 0.1) is 0 Å². The summed E-state index contributed by atoms with van der Waals surface area (Å²) in [6.07, 6.45) is 2.50. The Morgan fingerprint density at radius 3 is 3.00 bits per heavy atom. The van der Waals surface area contributed by atoms with Gasteiger partial charge in [0.2, 0.25) is 5.91 Å². The lowest BCUT2D eigenvalue weighted by Gasteiger charge is -2.26. The van der Waals surface area contributed by atoms with Crippen molar-refractivity contribution >= 4 is 16.8 Å². The zero-order valence-electron chi connectivity index (χ0n) is 12.1. The maximum Gasteiger partial charge on any atom is 0.224 e. The van der Waals surface area contributed by atoms with Gasteiger partial charge in [0, 0.05) is 49.7 Å². The van der Waals surface area contributed by atoms with Gasteiger partial charge in [0.05, 0.1) is 13.2 Å². The third-order valence-electron chi connectivity index (χ3n) is 3.88. The fourth-order valence-electron chi connectivity index (χ4n) is 2.69. The first-order chi connectivity index (χ1) is 10.3. The van der Waals surface area contributed by atoms with E-state index in [0.717, 1.165) is 25.2 Å². The maximum atomic E-state index is 12.0. The van der Waals surface area contributed by atoms with Crippen LogP contribution in [0.15, 0.2) is 30.5 Å². The summed E-state index contributed by atoms with van der Waals surface area (Å²) >= 11 is 0. The Morgan fingerprint density at radius 1 is 1.29 bits per heavy atom. The molecule has 2 heterocycles. The number of ether oxygens (including phenoxy) is 1. The number of aromatic nitrogens is 1. The molecular formula is C16H21N3O2. The monoisotopic (exact) mass is 287 g/mol. The zero-order valence-corrected chi connectivity index (χ0v) is 12.1. The highest BCUT2D eigenvalue weighted by molar-refractivity contribution is 5.82. The smallest absolute Gasteiger partial charge is 0.224 e. The van der Waals surface area contributed by atoms with E-state index in [-0.39, 0.29) is 5.91 Å². The fourth-order valence-corrected chi connectivity index (χ4v) is 2.69. The van der Waals surface area contributed by atoms with Gasteiger partial charge in [-0.1, -0.05) is 12.1 Å². The van der Waals surface area contributed by atoms with Crippen molar-refractivity contribution in [3.8, 4) is 0 Å². The van der Waals surface area contributed by atoms with Crippen molar-refractivity contribution in [3.05, 3.63) is 36.0 Å². The van der Waals surface area contributed by atoms with Crippen LogP contribution in [0.1, 0.15) is 12.0 Å². The van der Waals surface area contributed by atoms with E-state index in [1.807, 2.05) is 11.1 Å². The first kappa shape index (κ1) is 14.1. The molecule has 0 spiro atoms. The third-order valence-corrected chi connectivity index (χ3v) is 3.88. The van der Waals surface area contributed by atoms with Gasteiger partial charge in [-0.15, -0.1) is 0 Å². The SMILES string of the molecule is O=C(CCNCc1cccc2[nH]ccc12)N1CCOCC1. The average Bonchev–Trinajstić information content (AvgIpc) is 3.01. The predicted molar refractivity (Wildman–Crippen MR) is 82.0 cm³/mol. The fraction of sp³-hybridized carbons (Fsp3) is 0.438. The van der Waals surface area contributed by atoms with Crippen LogP contribution in [0.4, 0.5) is 0 Å². The van der Waals surface area contributed by atoms with E-state index in [0.29, 0.717) is 26.2 Å². The van der Waals surface area contributed by atoms with Gasteiger partial charge >= 0.3 is 0 Å². The number of nitrogens with zero attached hydrogens (tertiary/aromatic N) is 1. The molecule has 3 rings (SSSR count). The summed E-state index contributed by atoms with van der Waals surface area (Å²) in [7, 11) is 0. The molecular weight excluding hydrogens is 266 g/mol. The summed E-state index contributed by atoms with van der Waals surface area (Å²) in [6.45, 7) is 4.26. The van der Waals surface area contributed by atoms with Crippen LogP contribution in [0.3, 0.4) is 0 Å². The molecule has 5 nitrogen and oxygen atoms in total. The third kappa shape index (κ3) is 3.43. The second-order valence-electron chi connectivity index (χ2n) is 5.28. The number of hydrogen-bond donors (Lipinski definition) is 2. The molecule has 1 aromatic carbocycles. The number of carbonyl (C=O) groups is 1. The van der Waals surface area contributed by atoms with Crippen LogP contribution in [0.5, 0.6) is 0 Å². The number of nitrogens with one attached hydrogen (secondary N) is 2. The van der Waals surface area contributed by atoms with E-state index in [9.17, 15) is 4.79 Å². The molecule has 1 fully saturated rings. The zero-order chi connectivity index (χ0) is 14.5. The molecule has 112 valence electrons. The topological polar surface area (TPSA) is 57.4 Å². The Balaban J connectivity index is 1.46. The number of aromatic amines is 1. The Morgan fingerprint density at radius 2 is 2.14 bits per heavy atom. The van der Waals surface area contributed by atoms with Gasteiger partial charge in [0.15, 0.2) is 0 Å². The Bertz CT molecular complexity index is 602. The van der Waals surface area contributed by atoms with E-state index >= 15 is 0 Å².